The molecule has 0 radical (unpaired) electrons. The summed E-state index contributed by atoms with van der Waals surface area (Å²) in [5.74, 6) is 0.348. The Bertz CT molecular complexity index is 606. The maximum absolute atomic E-state index is 12.0. The van der Waals surface area contributed by atoms with E-state index in [0.717, 1.165) is 6.26 Å². The minimum Gasteiger partial charge on any atom is -0.443 e. The first-order valence-corrected chi connectivity index (χ1v) is 8.85. The van der Waals surface area contributed by atoms with Gasteiger partial charge in [-0.05, 0) is 39.3 Å². The van der Waals surface area contributed by atoms with Gasteiger partial charge in [0, 0.05) is 6.26 Å². The van der Waals surface area contributed by atoms with Crippen LogP contribution in [0.1, 0.15) is 39.9 Å². The van der Waals surface area contributed by atoms with E-state index >= 15 is 0 Å². The average Bonchev–Trinajstić information content (AvgIpc) is 2.72. The molecule has 5 nitrogen and oxygen atoms in total. The van der Waals surface area contributed by atoms with Crippen LogP contribution in [-0.2, 0) is 20.8 Å². The van der Waals surface area contributed by atoms with Gasteiger partial charge in [0.2, 0.25) is 14.9 Å². The smallest absolute Gasteiger partial charge is 0.218 e. The van der Waals surface area contributed by atoms with Crippen LogP contribution in [0, 0.1) is 0 Å². The summed E-state index contributed by atoms with van der Waals surface area (Å²) in [5.41, 5.74) is 0.503. The third kappa shape index (κ3) is 4.28. The van der Waals surface area contributed by atoms with E-state index in [2.05, 4.69) is 4.40 Å². The Morgan fingerprint density at radius 2 is 1.95 bits per heavy atom. The average molecular weight is 305 g/mol. The Morgan fingerprint density at radius 3 is 2.32 bits per heavy atom. The van der Waals surface area contributed by atoms with Gasteiger partial charge in [0.1, 0.15) is 11.0 Å². The van der Waals surface area contributed by atoms with Crippen molar-refractivity contribution in [1.29, 1.82) is 0 Å². The standard InChI is InChI=1S/C12H19NO4S2/c1-6-9(13-18(14)12(2,3)4)10-7-8-11(17-10)19(5,15)16/h7-8H,6H2,1-5H3. The lowest BCUT2D eigenvalue weighted by molar-refractivity contribution is 0.445. The Hall–Kier alpha value is -0.950. The van der Waals surface area contributed by atoms with Crippen molar-refractivity contribution in [3.63, 3.8) is 0 Å². The molecular formula is C12H19NO4S2. The molecule has 0 aromatic carbocycles. The quantitative estimate of drug-likeness (QED) is 0.800. The highest BCUT2D eigenvalue weighted by molar-refractivity contribution is 7.90. The van der Waals surface area contributed by atoms with Gasteiger partial charge in [-0.25, -0.2) is 12.6 Å². The van der Waals surface area contributed by atoms with Gasteiger partial charge in [-0.15, -0.1) is 0 Å². The molecule has 0 aliphatic rings. The first-order valence-electron chi connectivity index (χ1n) is 5.85. The maximum Gasteiger partial charge on any atom is 0.218 e. The second-order valence-corrected chi connectivity index (χ2v) is 9.00. The van der Waals surface area contributed by atoms with Gasteiger partial charge >= 0.3 is 0 Å². The van der Waals surface area contributed by atoms with Crippen LogP contribution < -0.4 is 0 Å². The highest BCUT2D eigenvalue weighted by Gasteiger charge is 2.21. The number of nitrogens with zero attached hydrogens (tertiary/aromatic N) is 1. The molecule has 1 aromatic heterocycles. The zero-order valence-electron chi connectivity index (χ0n) is 11.8. The van der Waals surface area contributed by atoms with Gasteiger partial charge in [-0.3, -0.25) is 0 Å². The van der Waals surface area contributed by atoms with Gasteiger partial charge in [0.25, 0.3) is 0 Å². The van der Waals surface area contributed by atoms with E-state index in [1.807, 2.05) is 27.7 Å². The number of furan rings is 1. The molecule has 19 heavy (non-hydrogen) atoms. The molecule has 108 valence electrons. The molecule has 7 heteroatoms. The van der Waals surface area contributed by atoms with Crippen molar-refractivity contribution in [1.82, 2.24) is 0 Å². The van der Waals surface area contributed by atoms with Gasteiger partial charge < -0.3 is 4.42 Å². The van der Waals surface area contributed by atoms with Crippen LogP contribution in [0.25, 0.3) is 0 Å². The molecular weight excluding hydrogens is 286 g/mol. The fraction of sp³-hybridized carbons (Fsp3) is 0.583. The van der Waals surface area contributed by atoms with Crippen molar-refractivity contribution in [2.45, 2.75) is 44.0 Å². The summed E-state index contributed by atoms with van der Waals surface area (Å²) in [4.78, 5) is 0. The third-order valence-electron chi connectivity index (χ3n) is 2.28. The number of hydrogen-bond acceptors (Lipinski definition) is 4. The van der Waals surface area contributed by atoms with Crippen molar-refractivity contribution >= 4 is 26.5 Å². The Kier molecular flexibility index (Phi) is 4.73. The van der Waals surface area contributed by atoms with Crippen molar-refractivity contribution in [3.05, 3.63) is 17.9 Å². The van der Waals surface area contributed by atoms with E-state index in [0.29, 0.717) is 17.9 Å². The van der Waals surface area contributed by atoms with E-state index in [9.17, 15) is 12.6 Å². The first-order chi connectivity index (χ1) is 8.55. The summed E-state index contributed by atoms with van der Waals surface area (Å²) >= 11 is 0. The molecule has 0 bridgehead atoms. The second kappa shape index (κ2) is 5.58. The molecule has 0 aliphatic heterocycles. The van der Waals surface area contributed by atoms with E-state index in [4.69, 9.17) is 4.42 Å². The van der Waals surface area contributed by atoms with Crippen LogP contribution in [0.5, 0.6) is 0 Å². The molecule has 0 spiro atoms. The Balaban J connectivity index is 3.15. The Morgan fingerprint density at radius 1 is 1.37 bits per heavy atom. The lowest BCUT2D eigenvalue weighted by Crippen LogP contribution is -2.21. The summed E-state index contributed by atoms with van der Waals surface area (Å²) in [6.45, 7) is 7.32. The van der Waals surface area contributed by atoms with Crippen molar-refractivity contribution in [2.75, 3.05) is 6.26 Å². The Labute approximate surface area is 116 Å². The fourth-order valence-corrected chi connectivity index (χ4v) is 2.44. The summed E-state index contributed by atoms with van der Waals surface area (Å²) < 4.78 is 43.6. The lowest BCUT2D eigenvalue weighted by Gasteiger charge is -2.14. The van der Waals surface area contributed by atoms with E-state index in [-0.39, 0.29) is 5.09 Å². The van der Waals surface area contributed by atoms with Crippen LogP contribution in [0.15, 0.2) is 26.0 Å². The zero-order valence-corrected chi connectivity index (χ0v) is 13.4. The van der Waals surface area contributed by atoms with Gasteiger partial charge in [0.15, 0.2) is 5.76 Å². The SMILES string of the molecule is CCC(=NS(=O)C(C)(C)C)c1ccc(S(C)(=O)=O)o1. The molecule has 0 aliphatic carbocycles. The normalized spacial score (nSPS) is 15.5. The first kappa shape index (κ1) is 16.1. The summed E-state index contributed by atoms with van der Waals surface area (Å²) in [5, 5.41) is -0.106. The molecule has 1 rings (SSSR count). The minimum absolute atomic E-state index is 0.106. The predicted octanol–water partition coefficient (Wildman–Crippen LogP) is 2.34. The van der Waals surface area contributed by atoms with Crippen LogP contribution in [0.2, 0.25) is 0 Å². The predicted molar refractivity (Wildman–Crippen MR) is 76.5 cm³/mol. The van der Waals surface area contributed by atoms with Crippen LogP contribution >= 0.6 is 0 Å². The second-order valence-electron chi connectivity index (χ2n) is 5.14. The highest BCUT2D eigenvalue weighted by atomic mass is 32.2. The monoisotopic (exact) mass is 305 g/mol. The molecule has 0 N–H and O–H groups in total. The van der Waals surface area contributed by atoms with Gasteiger partial charge in [-0.1, -0.05) is 6.92 Å². The molecule has 1 unspecified atom stereocenters. The van der Waals surface area contributed by atoms with Crippen molar-refractivity contribution in [3.8, 4) is 0 Å². The van der Waals surface area contributed by atoms with E-state index in [1.165, 1.54) is 6.07 Å². The molecule has 0 fully saturated rings. The van der Waals surface area contributed by atoms with Crippen molar-refractivity contribution < 1.29 is 17.0 Å². The molecule has 1 heterocycles. The molecule has 0 saturated heterocycles. The third-order valence-corrected chi connectivity index (χ3v) is 4.67. The minimum atomic E-state index is -3.38. The summed E-state index contributed by atoms with van der Waals surface area (Å²) in [6.07, 6.45) is 1.59. The largest absolute Gasteiger partial charge is 0.443 e. The maximum atomic E-state index is 12.0. The molecule has 1 aromatic rings. The number of rotatable bonds is 4. The molecule has 0 amide bonds. The summed E-state index contributed by atoms with van der Waals surface area (Å²) in [6, 6.07) is 2.93. The number of sulfone groups is 1. The lowest BCUT2D eigenvalue weighted by atomic mass is 10.2. The van der Waals surface area contributed by atoms with E-state index in [1.54, 1.807) is 6.07 Å². The van der Waals surface area contributed by atoms with Crippen LogP contribution in [0.4, 0.5) is 0 Å². The van der Waals surface area contributed by atoms with Gasteiger partial charge in [-0.2, -0.15) is 4.40 Å². The number of hydrogen-bond donors (Lipinski definition) is 0. The molecule has 1 atom stereocenters. The van der Waals surface area contributed by atoms with Gasteiger partial charge in [0.05, 0.1) is 10.5 Å². The zero-order chi connectivity index (χ0) is 14.8. The van der Waals surface area contributed by atoms with Crippen molar-refractivity contribution in [2.24, 2.45) is 4.40 Å². The van der Waals surface area contributed by atoms with E-state index < -0.39 is 25.6 Å². The highest BCUT2D eigenvalue weighted by Crippen LogP contribution is 2.18. The topological polar surface area (TPSA) is 76.7 Å². The summed E-state index contributed by atoms with van der Waals surface area (Å²) in [7, 11) is -4.78. The molecule has 0 saturated carbocycles. The van der Waals surface area contributed by atoms with Crippen LogP contribution in [0.3, 0.4) is 0 Å². The van der Waals surface area contributed by atoms with Crippen LogP contribution in [-0.4, -0.2) is 29.3 Å². The fourth-order valence-electron chi connectivity index (χ4n) is 1.20.